The van der Waals surface area contributed by atoms with Crippen molar-refractivity contribution in [1.82, 2.24) is 24.4 Å². The molecule has 0 unspecified atom stereocenters. The summed E-state index contributed by atoms with van der Waals surface area (Å²) in [4.78, 5) is 43.8. The molecule has 10 heteroatoms. The SMILES string of the molecule is C=CC(=O)N1CCN(c2nc(=O)n(-c3c(C)ccnc3C(C)C)c3nc(-c4ccccc4F)c(C#N)cc23)[C@@H](C)C1. The number of rotatable bonds is 5. The Morgan fingerprint density at radius 3 is 2.63 bits per heavy atom. The molecular formula is C31H30FN7O2. The van der Waals surface area contributed by atoms with Gasteiger partial charge in [-0.1, -0.05) is 32.6 Å². The van der Waals surface area contributed by atoms with Crippen LogP contribution in [0.4, 0.5) is 10.2 Å². The van der Waals surface area contributed by atoms with Gasteiger partial charge in [-0.05, 0) is 55.7 Å². The molecule has 0 spiro atoms. The number of aromatic nitrogens is 4. The minimum Gasteiger partial charge on any atom is -0.350 e. The largest absolute Gasteiger partial charge is 0.355 e. The van der Waals surface area contributed by atoms with E-state index in [0.717, 1.165) is 5.56 Å². The fourth-order valence-corrected chi connectivity index (χ4v) is 5.38. The lowest BCUT2D eigenvalue weighted by molar-refractivity contribution is -0.126. The molecule has 4 aromatic rings. The van der Waals surface area contributed by atoms with Gasteiger partial charge in [-0.3, -0.25) is 9.78 Å². The molecule has 9 nitrogen and oxygen atoms in total. The molecule has 1 aliphatic rings. The zero-order chi connectivity index (χ0) is 29.4. The molecule has 1 atom stereocenters. The number of pyridine rings is 2. The monoisotopic (exact) mass is 551 g/mol. The smallest absolute Gasteiger partial charge is 0.350 e. The molecule has 1 aliphatic heterocycles. The standard InChI is InChI=1S/C31H30FN7O2/c1-6-25(40)37-13-14-38(20(5)17-37)29-23-15-21(16-33)27(22-9-7-8-10-24(22)32)35-30(23)39(31(41)36-29)28-19(4)11-12-34-26(28)18(2)3/h6-12,15,18,20H,1,13-14,17H2,2-5H3/t20-/m0/s1. The van der Waals surface area contributed by atoms with E-state index in [2.05, 4.69) is 22.6 Å². The summed E-state index contributed by atoms with van der Waals surface area (Å²) in [6.45, 7) is 12.6. The number of piperazine rings is 1. The highest BCUT2D eigenvalue weighted by molar-refractivity contribution is 5.92. The van der Waals surface area contributed by atoms with E-state index in [0.29, 0.717) is 42.2 Å². The third-order valence-corrected chi connectivity index (χ3v) is 7.41. The lowest BCUT2D eigenvalue weighted by Gasteiger charge is -2.40. The van der Waals surface area contributed by atoms with Crippen molar-refractivity contribution in [2.45, 2.75) is 39.7 Å². The van der Waals surface area contributed by atoms with Crippen molar-refractivity contribution < 1.29 is 9.18 Å². The predicted octanol–water partition coefficient (Wildman–Crippen LogP) is 4.51. The van der Waals surface area contributed by atoms with Crippen molar-refractivity contribution in [1.29, 1.82) is 5.26 Å². The molecule has 0 N–H and O–H groups in total. The number of hydrogen-bond acceptors (Lipinski definition) is 7. The molecule has 41 heavy (non-hydrogen) atoms. The van der Waals surface area contributed by atoms with Crippen molar-refractivity contribution >= 4 is 22.8 Å². The maximum absolute atomic E-state index is 15.0. The van der Waals surface area contributed by atoms with Crippen LogP contribution >= 0.6 is 0 Å². The Kier molecular flexibility index (Phi) is 7.37. The van der Waals surface area contributed by atoms with E-state index in [4.69, 9.17) is 4.98 Å². The second-order valence-corrected chi connectivity index (χ2v) is 10.4. The number of nitrogens with zero attached hydrogens (tertiary/aromatic N) is 7. The van der Waals surface area contributed by atoms with Gasteiger partial charge in [0.1, 0.15) is 17.7 Å². The van der Waals surface area contributed by atoms with Crippen LogP contribution in [0.2, 0.25) is 0 Å². The normalized spacial score (nSPS) is 15.3. The summed E-state index contributed by atoms with van der Waals surface area (Å²) in [5.74, 6) is -0.361. The van der Waals surface area contributed by atoms with E-state index in [1.807, 2.05) is 38.7 Å². The lowest BCUT2D eigenvalue weighted by Crippen LogP contribution is -2.54. The first-order chi connectivity index (χ1) is 19.7. The second kappa shape index (κ2) is 10.9. The number of aryl methyl sites for hydroxylation is 1. The molecular weight excluding hydrogens is 521 g/mol. The van der Waals surface area contributed by atoms with E-state index in [1.54, 1.807) is 35.4 Å². The van der Waals surface area contributed by atoms with Crippen molar-refractivity contribution in [2.75, 3.05) is 24.5 Å². The van der Waals surface area contributed by atoms with Crippen LogP contribution in [0.5, 0.6) is 0 Å². The summed E-state index contributed by atoms with van der Waals surface area (Å²) in [5.41, 5.74) is 2.15. The molecule has 4 heterocycles. The van der Waals surface area contributed by atoms with E-state index in [1.165, 1.54) is 16.7 Å². The summed E-state index contributed by atoms with van der Waals surface area (Å²) in [7, 11) is 0. The van der Waals surface area contributed by atoms with Crippen LogP contribution in [0.15, 0.2) is 60.0 Å². The second-order valence-electron chi connectivity index (χ2n) is 10.4. The van der Waals surface area contributed by atoms with Crippen LogP contribution in [-0.2, 0) is 4.79 Å². The zero-order valence-electron chi connectivity index (χ0n) is 23.4. The highest BCUT2D eigenvalue weighted by Crippen LogP contribution is 2.34. The van der Waals surface area contributed by atoms with E-state index in [-0.39, 0.29) is 40.3 Å². The summed E-state index contributed by atoms with van der Waals surface area (Å²) < 4.78 is 16.4. The number of anilines is 1. The fourth-order valence-electron chi connectivity index (χ4n) is 5.38. The van der Waals surface area contributed by atoms with Gasteiger partial charge in [0.25, 0.3) is 0 Å². The quantitative estimate of drug-likeness (QED) is 0.336. The Morgan fingerprint density at radius 1 is 1.22 bits per heavy atom. The van der Waals surface area contributed by atoms with E-state index < -0.39 is 11.5 Å². The zero-order valence-corrected chi connectivity index (χ0v) is 23.4. The molecule has 0 radical (unpaired) electrons. The average Bonchev–Trinajstić information content (AvgIpc) is 2.96. The van der Waals surface area contributed by atoms with Crippen LogP contribution in [-0.4, -0.2) is 56.0 Å². The number of amides is 1. The number of hydrogen-bond donors (Lipinski definition) is 0. The lowest BCUT2D eigenvalue weighted by atomic mass is 10.0. The van der Waals surface area contributed by atoms with Crippen molar-refractivity contribution in [3.8, 4) is 23.0 Å². The molecule has 0 saturated carbocycles. The Labute approximate surface area is 237 Å². The maximum atomic E-state index is 15.0. The molecule has 1 aromatic carbocycles. The molecule has 208 valence electrons. The summed E-state index contributed by atoms with van der Waals surface area (Å²) in [5, 5.41) is 10.6. The molecule has 0 aliphatic carbocycles. The van der Waals surface area contributed by atoms with Gasteiger partial charge in [0.05, 0.1) is 28.0 Å². The third-order valence-electron chi connectivity index (χ3n) is 7.41. The molecule has 1 fully saturated rings. The minimum absolute atomic E-state index is 0.0218. The van der Waals surface area contributed by atoms with Gasteiger partial charge in [0, 0.05) is 37.4 Å². The van der Waals surface area contributed by atoms with Gasteiger partial charge in [0.15, 0.2) is 5.65 Å². The van der Waals surface area contributed by atoms with Gasteiger partial charge in [-0.2, -0.15) is 10.2 Å². The first-order valence-corrected chi connectivity index (χ1v) is 13.4. The number of carbonyl (C=O) groups is 1. The number of benzene rings is 1. The third kappa shape index (κ3) is 4.84. The van der Waals surface area contributed by atoms with Crippen LogP contribution < -0.4 is 10.6 Å². The van der Waals surface area contributed by atoms with Crippen LogP contribution in [0.3, 0.4) is 0 Å². The molecule has 0 bridgehead atoms. The minimum atomic E-state index is -0.570. The fraction of sp³-hybridized carbons (Fsp3) is 0.290. The maximum Gasteiger partial charge on any atom is 0.355 e. The molecule has 5 rings (SSSR count). The van der Waals surface area contributed by atoms with E-state index in [9.17, 15) is 19.2 Å². The Balaban J connectivity index is 1.85. The van der Waals surface area contributed by atoms with Gasteiger partial charge < -0.3 is 9.80 Å². The molecule has 1 saturated heterocycles. The summed E-state index contributed by atoms with van der Waals surface area (Å²) in [6, 6.07) is 11.5. The number of nitriles is 1. The average molecular weight is 552 g/mol. The number of halogens is 1. The predicted molar refractivity (Wildman–Crippen MR) is 155 cm³/mol. The topological polar surface area (TPSA) is 108 Å². The highest BCUT2D eigenvalue weighted by atomic mass is 19.1. The van der Waals surface area contributed by atoms with Gasteiger partial charge in [-0.15, -0.1) is 0 Å². The number of carbonyl (C=O) groups excluding carboxylic acids is 1. The van der Waals surface area contributed by atoms with Crippen molar-refractivity contribution in [3.05, 3.63) is 88.4 Å². The van der Waals surface area contributed by atoms with Crippen molar-refractivity contribution in [2.24, 2.45) is 0 Å². The van der Waals surface area contributed by atoms with Crippen molar-refractivity contribution in [3.63, 3.8) is 0 Å². The van der Waals surface area contributed by atoms with Crippen LogP contribution in [0.25, 0.3) is 28.0 Å². The van der Waals surface area contributed by atoms with Gasteiger partial charge >= 0.3 is 5.69 Å². The van der Waals surface area contributed by atoms with E-state index >= 15 is 0 Å². The molecule has 3 aromatic heterocycles. The summed E-state index contributed by atoms with van der Waals surface area (Å²) in [6.07, 6.45) is 2.98. The highest BCUT2D eigenvalue weighted by Gasteiger charge is 2.30. The van der Waals surface area contributed by atoms with Gasteiger partial charge in [-0.25, -0.2) is 18.7 Å². The summed E-state index contributed by atoms with van der Waals surface area (Å²) >= 11 is 0. The Bertz CT molecular complexity index is 1790. The first kappa shape index (κ1) is 27.6. The first-order valence-electron chi connectivity index (χ1n) is 13.4. The molecule has 1 amide bonds. The van der Waals surface area contributed by atoms with Crippen LogP contribution in [0.1, 0.15) is 43.5 Å². The van der Waals surface area contributed by atoms with Crippen LogP contribution in [0, 0.1) is 24.1 Å². The van der Waals surface area contributed by atoms with Gasteiger partial charge in [0.2, 0.25) is 5.91 Å². The number of fused-ring (bicyclic) bond motifs is 1. The Morgan fingerprint density at radius 2 is 1.98 bits per heavy atom. The Hall–Kier alpha value is -4.91.